The zero-order valence-electron chi connectivity index (χ0n) is 20.4. The zero-order chi connectivity index (χ0) is 25.5. The number of rotatable bonds is 11. The molecule has 0 radical (unpaired) electrons. The molecule has 1 N–H and O–H groups in total. The minimum absolute atomic E-state index is 0.262. The summed E-state index contributed by atoms with van der Waals surface area (Å²) in [6.45, 7) is 7.72. The summed E-state index contributed by atoms with van der Waals surface area (Å²) < 4.78 is 26.3. The molecule has 186 valence electrons. The maximum absolute atomic E-state index is 13.5. The van der Waals surface area contributed by atoms with E-state index < -0.39 is 28.5 Å². The summed E-state index contributed by atoms with van der Waals surface area (Å²) in [5, 5.41) is 3.34. The van der Waals surface area contributed by atoms with Crippen LogP contribution in [0.15, 0.2) is 48.5 Å². The molecule has 2 rings (SSSR count). The van der Waals surface area contributed by atoms with E-state index in [2.05, 4.69) is 5.32 Å². The molecule has 0 fully saturated rings. The Morgan fingerprint density at radius 3 is 2.26 bits per heavy atom. The minimum Gasteiger partial charge on any atom is -0.354 e. The predicted octanol–water partition coefficient (Wildman–Crippen LogP) is 3.65. The fourth-order valence-electron chi connectivity index (χ4n) is 3.52. The maximum atomic E-state index is 13.5. The van der Waals surface area contributed by atoms with Crippen molar-refractivity contribution < 1.29 is 18.0 Å². The van der Waals surface area contributed by atoms with Gasteiger partial charge in [-0.05, 0) is 55.5 Å². The standard InChI is InChI=1S/C25H34ClN3O4S/c1-18(2)16-27-25(31)20(4)28(14-13-21-9-7-6-8-10-21)24(30)17-29(34(5,32)33)23-12-11-22(26)15-19(23)3/h6-12,15,18,20H,13-14,16-17H2,1-5H3,(H,27,31)/t20-/m0/s1. The highest BCUT2D eigenvalue weighted by Gasteiger charge is 2.30. The lowest BCUT2D eigenvalue weighted by Gasteiger charge is -2.32. The van der Waals surface area contributed by atoms with Crippen molar-refractivity contribution in [1.82, 2.24) is 10.2 Å². The number of nitrogens with zero attached hydrogens (tertiary/aromatic N) is 2. The Morgan fingerprint density at radius 2 is 1.71 bits per heavy atom. The summed E-state index contributed by atoms with van der Waals surface area (Å²) >= 11 is 6.03. The van der Waals surface area contributed by atoms with Crippen molar-refractivity contribution in [2.24, 2.45) is 5.92 Å². The van der Waals surface area contributed by atoms with Gasteiger partial charge in [-0.25, -0.2) is 8.42 Å². The Labute approximate surface area is 208 Å². The van der Waals surface area contributed by atoms with Gasteiger partial charge < -0.3 is 10.2 Å². The number of amides is 2. The Hall–Kier alpha value is -2.58. The molecule has 0 aliphatic rings. The Balaban J connectivity index is 2.32. The van der Waals surface area contributed by atoms with Crippen LogP contribution >= 0.6 is 11.6 Å². The normalized spacial score (nSPS) is 12.3. The van der Waals surface area contributed by atoms with Crippen LogP contribution in [-0.2, 0) is 26.0 Å². The number of carbonyl (C=O) groups is 2. The first-order valence-electron chi connectivity index (χ1n) is 11.2. The number of halogens is 1. The van der Waals surface area contributed by atoms with Crippen molar-refractivity contribution in [2.75, 3.05) is 30.2 Å². The van der Waals surface area contributed by atoms with E-state index in [1.807, 2.05) is 44.2 Å². The molecule has 2 aromatic carbocycles. The fourth-order valence-corrected chi connectivity index (χ4v) is 4.65. The molecule has 0 saturated carbocycles. The third-order valence-electron chi connectivity index (χ3n) is 5.44. The Kier molecular flexibility index (Phi) is 9.94. The molecule has 0 aliphatic heterocycles. The Morgan fingerprint density at radius 1 is 1.06 bits per heavy atom. The molecule has 0 aliphatic carbocycles. The highest BCUT2D eigenvalue weighted by atomic mass is 35.5. The smallest absolute Gasteiger partial charge is 0.244 e. The number of sulfonamides is 1. The summed E-state index contributed by atoms with van der Waals surface area (Å²) in [5.74, 6) is -0.468. The van der Waals surface area contributed by atoms with Crippen LogP contribution in [0, 0.1) is 12.8 Å². The van der Waals surface area contributed by atoms with Gasteiger partial charge in [-0.15, -0.1) is 0 Å². The van der Waals surface area contributed by atoms with Crippen LogP contribution in [0.4, 0.5) is 5.69 Å². The van der Waals surface area contributed by atoms with Crippen LogP contribution in [0.3, 0.4) is 0 Å². The molecule has 0 spiro atoms. The van der Waals surface area contributed by atoms with E-state index in [1.165, 1.54) is 4.90 Å². The predicted molar refractivity (Wildman–Crippen MR) is 138 cm³/mol. The second-order valence-electron chi connectivity index (χ2n) is 8.84. The average molecular weight is 508 g/mol. The zero-order valence-corrected chi connectivity index (χ0v) is 22.0. The lowest BCUT2D eigenvalue weighted by Crippen LogP contribution is -2.52. The molecule has 0 aromatic heterocycles. The third-order valence-corrected chi connectivity index (χ3v) is 6.80. The van der Waals surface area contributed by atoms with Gasteiger partial charge in [0.2, 0.25) is 21.8 Å². The van der Waals surface area contributed by atoms with E-state index in [4.69, 9.17) is 11.6 Å². The average Bonchev–Trinajstić information content (AvgIpc) is 2.76. The lowest BCUT2D eigenvalue weighted by atomic mass is 10.1. The van der Waals surface area contributed by atoms with Gasteiger partial charge in [0, 0.05) is 18.1 Å². The summed E-state index contributed by atoms with van der Waals surface area (Å²) in [5.41, 5.74) is 2.02. The third kappa shape index (κ3) is 8.02. The van der Waals surface area contributed by atoms with Crippen molar-refractivity contribution in [3.8, 4) is 0 Å². The maximum Gasteiger partial charge on any atom is 0.244 e. The molecule has 0 unspecified atom stereocenters. The molecule has 2 aromatic rings. The number of carbonyl (C=O) groups excluding carboxylic acids is 2. The van der Waals surface area contributed by atoms with E-state index in [0.717, 1.165) is 16.1 Å². The number of aryl methyl sites for hydroxylation is 1. The van der Waals surface area contributed by atoms with E-state index in [-0.39, 0.29) is 18.4 Å². The lowest BCUT2D eigenvalue weighted by molar-refractivity contribution is -0.138. The second-order valence-corrected chi connectivity index (χ2v) is 11.2. The molecule has 0 saturated heterocycles. The van der Waals surface area contributed by atoms with Crippen LogP contribution in [0.1, 0.15) is 31.9 Å². The topological polar surface area (TPSA) is 86.8 Å². The van der Waals surface area contributed by atoms with Crippen LogP contribution in [0.25, 0.3) is 0 Å². The number of benzene rings is 2. The van der Waals surface area contributed by atoms with Gasteiger partial charge in [-0.1, -0.05) is 55.8 Å². The fraction of sp³-hybridized carbons (Fsp3) is 0.440. The molecular weight excluding hydrogens is 474 g/mol. The van der Waals surface area contributed by atoms with Crippen molar-refractivity contribution in [3.63, 3.8) is 0 Å². The molecular formula is C25H34ClN3O4S. The molecule has 9 heteroatoms. The van der Waals surface area contributed by atoms with Gasteiger partial charge in [0.05, 0.1) is 11.9 Å². The first kappa shape index (κ1) is 27.7. The molecule has 7 nitrogen and oxygen atoms in total. The van der Waals surface area contributed by atoms with Crippen molar-refractivity contribution in [3.05, 3.63) is 64.7 Å². The van der Waals surface area contributed by atoms with Gasteiger partial charge in [0.25, 0.3) is 0 Å². The van der Waals surface area contributed by atoms with E-state index in [1.54, 1.807) is 32.0 Å². The minimum atomic E-state index is -3.77. The van der Waals surface area contributed by atoms with Gasteiger partial charge >= 0.3 is 0 Å². The quantitative estimate of drug-likeness (QED) is 0.503. The summed E-state index contributed by atoms with van der Waals surface area (Å²) in [7, 11) is -3.77. The first-order valence-corrected chi connectivity index (χ1v) is 13.5. The number of hydrogen-bond acceptors (Lipinski definition) is 4. The van der Waals surface area contributed by atoms with E-state index in [0.29, 0.717) is 29.2 Å². The first-order chi connectivity index (χ1) is 15.9. The summed E-state index contributed by atoms with van der Waals surface area (Å²) in [6.07, 6.45) is 1.59. The van der Waals surface area contributed by atoms with Crippen LogP contribution in [0.5, 0.6) is 0 Å². The highest BCUT2D eigenvalue weighted by Crippen LogP contribution is 2.26. The van der Waals surface area contributed by atoms with Crippen molar-refractivity contribution in [1.29, 1.82) is 0 Å². The molecule has 34 heavy (non-hydrogen) atoms. The SMILES string of the molecule is Cc1cc(Cl)ccc1N(CC(=O)N(CCc1ccccc1)[C@@H](C)C(=O)NCC(C)C)S(C)(=O)=O. The van der Waals surface area contributed by atoms with Gasteiger partial charge in [0.15, 0.2) is 0 Å². The Bertz CT molecular complexity index is 1090. The van der Waals surface area contributed by atoms with E-state index >= 15 is 0 Å². The monoisotopic (exact) mass is 507 g/mol. The number of anilines is 1. The largest absolute Gasteiger partial charge is 0.354 e. The second kappa shape index (κ2) is 12.2. The van der Waals surface area contributed by atoms with Crippen molar-refractivity contribution in [2.45, 2.75) is 40.2 Å². The van der Waals surface area contributed by atoms with Crippen LogP contribution in [0.2, 0.25) is 5.02 Å². The highest BCUT2D eigenvalue weighted by molar-refractivity contribution is 7.92. The number of hydrogen-bond donors (Lipinski definition) is 1. The molecule has 1 atom stereocenters. The molecule has 2 amide bonds. The van der Waals surface area contributed by atoms with Gasteiger partial charge in [-0.2, -0.15) is 0 Å². The summed E-state index contributed by atoms with van der Waals surface area (Å²) in [4.78, 5) is 27.7. The van der Waals surface area contributed by atoms with E-state index in [9.17, 15) is 18.0 Å². The summed E-state index contributed by atoms with van der Waals surface area (Å²) in [6, 6.07) is 13.7. The van der Waals surface area contributed by atoms with Crippen LogP contribution < -0.4 is 9.62 Å². The molecule has 0 bridgehead atoms. The van der Waals surface area contributed by atoms with Crippen LogP contribution in [-0.4, -0.2) is 57.1 Å². The van der Waals surface area contributed by atoms with Crippen molar-refractivity contribution >= 4 is 39.1 Å². The van der Waals surface area contributed by atoms with Gasteiger partial charge in [0.1, 0.15) is 12.6 Å². The number of nitrogens with one attached hydrogen (secondary N) is 1. The van der Waals surface area contributed by atoms with Gasteiger partial charge in [-0.3, -0.25) is 13.9 Å². The molecule has 0 heterocycles.